The van der Waals surface area contributed by atoms with Crippen molar-refractivity contribution < 1.29 is 9.53 Å². The number of nitrogens with one attached hydrogen (secondary N) is 2. The van der Waals surface area contributed by atoms with Crippen LogP contribution in [-0.2, 0) is 4.74 Å². The fourth-order valence-electron chi connectivity index (χ4n) is 1.65. The van der Waals surface area contributed by atoms with Gasteiger partial charge in [0.15, 0.2) is 0 Å². The normalized spacial score (nSPS) is 20.0. The maximum absolute atomic E-state index is 11.4. The Labute approximate surface area is 91.8 Å². The first kappa shape index (κ1) is 12.3. The van der Waals surface area contributed by atoms with Gasteiger partial charge in [-0.05, 0) is 32.1 Å². The highest BCUT2D eigenvalue weighted by atomic mass is 16.5. The minimum atomic E-state index is -0.0716. The molecule has 0 unspecified atom stereocenters. The molecule has 2 N–H and O–H groups in total. The zero-order chi connectivity index (χ0) is 11.3. The fraction of sp³-hybridized carbons (Fsp3) is 0.909. The van der Waals surface area contributed by atoms with Gasteiger partial charge >= 0.3 is 6.03 Å². The average Bonchev–Trinajstić information content (AvgIpc) is 2.15. The van der Waals surface area contributed by atoms with Crippen LogP contribution in [0.15, 0.2) is 0 Å². The second-order valence-corrected chi connectivity index (χ2v) is 4.90. The Bertz CT molecular complexity index is 211. The Morgan fingerprint density at radius 2 is 2.00 bits per heavy atom. The number of urea groups is 1. The third-order valence-corrected chi connectivity index (χ3v) is 2.80. The minimum absolute atomic E-state index is 0.0716. The van der Waals surface area contributed by atoms with E-state index >= 15 is 0 Å². The average molecular weight is 214 g/mol. The van der Waals surface area contributed by atoms with Crippen molar-refractivity contribution in [2.45, 2.75) is 39.7 Å². The smallest absolute Gasteiger partial charge is 0.315 e. The van der Waals surface area contributed by atoms with Crippen molar-refractivity contribution in [2.75, 3.05) is 19.8 Å². The van der Waals surface area contributed by atoms with Crippen molar-refractivity contribution in [3.8, 4) is 0 Å². The first-order chi connectivity index (χ1) is 7.02. The fourth-order valence-corrected chi connectivity index (χ4v) is 1.65. The standard InChI is InChI=1S/C11H22N2O2/c1-9(2)13-10(14)12-8-11(3)4-6-15-7-5-11/h9H,4-8H2,1-3H3,(H2,12,13,14). The van der Waals surface area contributed by atoms with Crippen LogP contribution in [0.3, 0.4) is 0 Å². The predicted molar refractivity (Wildman–Crippen MR) is 59.8 cm³/mol. The van der Waals surface area contributed by atoms with Crippen LogP contribution in [0.25, 0.3) is 0 Å². The van der Waals surface area contributed by atoms with Crippen LogP contribution >= 0.6 is 0 Å². The van der Waals surface area contributed by atoms with Gasteiger partial charge in [0.25, 0.3) is 0 Å². The van der Waals surface area contributed by atoms with E-state index in [0.717, 1.165) is 32.6 Å². The van der Waals surface area contributed by atoms with E-state index < -0.39 is 0 Å². The lowest BCUT2D eigenvalue weighted by Crippen LogP contribution is -2.45. The summed E-state index contributed by atoms with van der Waals surface area (Å²) in [7, 11) is 0. The van der Waals surface area contributed by atoms with Gasteiger partial charge in [0, 0.05) is 25.8 Å². The molecule has 0 aliphatic carbocycles. The zero-order valence-electron chi connectivity index (χ0n) is 9.93. The van der Waals surface area contributed by atoms with Gasteiger partial charge in [-0.3, -0.25) is 0 Å². The summed E-state index contributed by atoms with van der Waals surface area (Å²) in [6.07, 6.45) is 2.05. The molecule has 0 aromatic rings. The van der Waals surface area contributed by atoms with Crippen molar-refractivity contribution in [2.24, 2.45) is 5.41 Å². The van der Waals surface area contributed by atoms with Gasteiger partial charge in [-0.25, -0.2) is 4.79 Å². The van der Waals surface area contributed by atoms with Gasteiger partial charge in [0.2, 0.25) is 0 Å². The highest BCUT2D eigenvalue weighted by Gasteiger charge is 2.27. The van der Waals surface area contributed by atoms with Gasteiger partial charge < -0.3 is 15.4 Å². The molecular formula is C11H22N2O2. The first-order valence-corrected chi connectivity index (χ1v) is 5.64. The second-order valence-electron chi connectivity index (χ2n) is 4.90. The van der Waals surface area contributed by atoms with Gasteiger partial charge in [0.1, 0.15) is 0 Å². The molecule has 1 rings (SSSR count). The maximum atomic E-state index is 11.4. The summed E-state index contributed by atoms with van der Waals surface area (Å²) < 4.78 is 5.31. The summed E-state index contributed by atoms with van der Waals surface area (Å²) in [6, 6.07) is 0.116. The van der Waals surface area contributed by atoms with Gasteiger partial charge in [-0.1, -0.05) is 6.92 Å². The summed E-state index contributed by atoms with van der Waals surface area (Å²) in [5.41, 5.74) is 0.201. The Morgan fingerprint density at radius 1 is 1.40 bits per heavy atom. The third-order valence-electron chi connectivity index (χ3n) is 2.80. The molecule has 0 bridgehead atoms. The molecule has 0 spiro atoms. The van der Waals surface area contributed by atoms with E-state index in [-0.39, 0.29) is 17.5 Å². The highest BCUT2D eigenvalue weighted by Crippen LogP contribution is 2.28. The minimum Gasteiger partial charge on any atom is -0.381 e. The van der Waals surface area contributed by atoms with E-state index in [1.54, 1.807) is 0 Å². The molecule has 0 aromatic carbocycles. The monoisotopic (exact) mass is 214 g/mol. The van der Waals surface area contributed by atoms with E-state index in [9.17, 15) is 4.79 Å². The van der Waals surface area contributed by atoms with Crippen LogP contribution in [0.4, 0.5) is 4.79 Å². The molecule has 1 saturated heterocycles. The molecule has 88 valence electrons. The number of ether oxygens (including phenoxy) is 1. The number of hydrogen-bond acceptors (Lipinski definition) is 2. The van der Waals surface area contributed by atoms with Crippen LogP contribution in [-0.4, -0.2) is 31.8 Å². The van der Waals surface area contributed by atoms with Crippen molar-refractivity contribution in [3.05, 3.63) is 0 Å². The molecule has 1 aliphatic heterocycles. The van der Waals surface area contributed by atoms with Crippen molar-refractivity contribution in [1.82, 2.24) is 10.6 Å². The van der Waals surface area contributed by atoms with E-state index in [2.05, 4.69) is 17.6 Å². The van der Waals surface area contributed by atoms with Gasteiger partial charge in [-0.15, -0.1) is 0 Å². The predicted octanol–water partition coefficient (Wildman–Crippen LogP) is 1.51. The lowest BCUT2D eigenvalue weighted by Gasteiger charge is -2.33. The molecular weight excluding hydrogens is 192 g/mol. The van der Waals surface area contributed by atoms with E-state index in [1.807, 2.05) is 13.8 Å². The number of carbonyl (C=O) groups excluding carboxylic acids is 1. The second kappa shape index (κ2) is 5.35. The molecule has 4 heteroatoms. The lowest BCUT2D eigenvalue weighted by molar-refractivity contribution is 0.0252. The lowest BCUT2D eigenvalue weighted by atomic mass is 9.82. The van der Waals surface area contributed by atoms with Crippen LogP contribution in [0.2, 0.25) is 0 Å². The van der Waals surface area contributed by atoms with Crippen LogP contribution in [0, 0.1) is 5.41 Å². The topological polar surface area (TPSA) is 50.4 Å². The molecule has 1 heterocycles. The molecule has 2 amide bonds. The van der Waals surface area contributed by atoms with Crippen molar-refractivity contribution in [3.63, 3.8) is 0 Å². The number of rotatable bonds is 3. The molecule has 0 aromatic heterocycles. The number of amides is 2. The summed E-state index contributed by atoms with van der Waals surface area (Å²) in [6.45, 7) is 8.46. The van der Waals surface area contributed by atoms with Gasteiger partial charge in [-0.2, -0.15) is 0 Å². The Balaban J connectivity index is 2.25. The summed E-state index contributed by atoms with van der Waals surface area (Å²) in [5.74, 6) is 0. The molecule has 4 nitrogen and oxygen atoms in total. The first-order valence-electron chi connectivity index (χ1n) is 5.64. The molecule has 1 aliphatic rings. The summed E-state index contributed by atoms with van der Waals surface area (Å²) in [5, 5.41) is 5.74. The van der Waals surface area contributed by atoms with Crippen LogP contribution in [0.1, 0.15) is 33.6 Å². The molecule has 0 saturated carbocycles. The number of hydrogen-bond donors (Lipinski definition) is 2. The molecule has 0 atom stereocenters. The highest BCUT2D eigenvalue weighted by molar-refractivity contribution is 5.74. The quantitative estimate of drug-likeness (QED) is 0.748. The van der Waals surface area contributed by atoms with E-state index in [1.165, 1.54) is 0 Å². The summed E-state index contributed by atoms with van der Waals surface area (Å²) >= 11 is 0. The number of carbonyl (C=O) groups is 1. The van der Waals surface area contributed by atoms with Crippen LogP contribution < -0.4 is 10.6 Å². The van der Waals surface area contributed by atoms with Crippen molar-refractivity contribution >= 4 is 6.03 Å². The zero-order valence-corrected chi connectivity index (χ0v) is 9.93. The van der Waals surface area contributed by atoms with Crippen molar-refractivity contribution in [1.29, 1.82) is 0 Å². The molecule has 0 radical (unpaired) electrons. The van der Waals surface area contributed by atoms with E-state index in [0.29, 0.717) is 0 Å². The Hall–Kier alpha value is -0.770. The third kappa shape index (κ3) is 4.51. The van der Waals surface area contributed by atoms with Crippen LogP contribution in [0.5, 0.6) is 0 Å². The maximum Gasteiger partial charge on any atom is 0.315 e. The Kier molecular flexibility index (Phi) is 4.39. The summed E-state index contributed by atoms with van der Waals surface area (Å²) in [4.78, 5) is 11.4. The van der Waals surface area contributed by atoms with E-state index in [4.69, 9.17) is 4.74 Å². The molecule has 15 heavy (non-hydrogen) atoms. The molecule has 1 fully saturated rings. The van der Waals surface area contributed by atoms with Gasteiger partial charge in [0.05, 0.1) is 0 Å². The Morgan fingerprint density at radius 3 is 2.53 bits per heavy atom. The SMILES string of the molecule is CC(C)NC(=O)NCC1(C)CCOCC1. The largest absolute Gasteiger partial charge is 0.381 e.